The van der Waals surface area contributed by atoms with Crippen LogP contribution in [0.2, 0.25) is 0 Å². The Morgan fingerprint density at radius 2 is 2.10 bits per heavy atom. The highest BCUT2D eigenvalue weighted by Crippen LogP contribution is 2.22. The van der Waals surface area contributed by atoms with Gasteiger partial charge in [-0.1, -0.05) is 22.0 Å². The van der Waals surface area contributed by atoms with Crippen LogP contribution in [0.3, 0.4) is 0 Å². The predicted molar refractivity (Wildman–Crippen MR) is 79.8 cm³/mol. The fraction of sp³-hybridized carbons (Fsp3) is 0. The minimum atomic E-state index is -0.433. The van der Waals surface area contributed by atoms with Crippen LogP contribution in [0, 0.1) is 5.82 Å². The Kier molecular flexibility index (Phi) is 3.62. The van der Waals surface area contributed by atoms with Gasteiger partial charge < -0.3 is 0 Å². The molecule has 0 spiro atoms. The van der Waals surface area contributed by atoms with E-state index in [4.69, 9.17) is 0 Å². The number of aromatic nitrogens is 3. The fourth-order valence-corrected chi connectivity index (χ4v) is 2.33. The highest BCUT2D eigenvalue weighted by atomic mass is 79.9. The zero-order valence-electron chi connectivity index (χ0n) is 10.7. The van der Waals surface area contributed by atoms with Crippen LogP contribution in [-0.2, 0) is 0 Å². The smallest absolute Gasteiger partial charge is 0.153 e. The lowest BCUT2D eigenvalue weighted by atomic mass is 10.2. The number of benzene rings is 1. The molecule has 0 saturated heterocycles. The Morgan fingerprint density at radius 3 is 2.76 bits per heavy atom. The van der Waals surface area contributed by atoms with Gasteiger partial charge in [0.15, 0.2) is 6.29 Å². The topological polar surface area (TPSA) is 47.8 Å². The quantitative estimate of drug-likeness (QED) is 0.680. The number of halogens is 2. The summed E-state index contributed by atoms with van der Waals surface area (Å²) in [6, 6.07) is 10.3. The molecule has 0 N–H and O–H groups in total. The second kappa shape index (κ2) is 5.57. The highest BCUT2D eigenvalue weighted by Gasteiger charge is 2.13. The van der Waals surface area contributed by atoms with Crippen LogP contribution in [0.15, 0.2) is 53.3 Å². The van der Waals surface area contributed by atoms with Gasteiger partial charge in [-0.25, -0.2) is 9.07 Å². The SMILES string of the molecule is O=Cc1cn(-c2cccc(Br)c2)nc1-c1ccc(F)cn1. The average Bonchev–Trinajstić information content (AvgIpc) is 2.92. The van der Waals surface area contributed by atoms with Gasteiger partial charge in [-0.05, 0) is 30.3 Å². The van der Waals surface area contributed by atoms with Gasteiger partial charge in [0.2, 0.25) is 0 Å². The van der Waals surface area contributed by atoms with Crippen molar-refractivity contribution in [1.29, 1.82) is 0 Å². The molecule has 0 fully saturated rings. The molecule has 4 nitrogen and oxygen atoms in total. The molecule has 0 aliphatic rings. The van der Waals surface area contributed by atoms with Crippen LogP contribution in [0.1, 0.15) is 10.4 Å². The summed E-state index contributed by atoms with van der Waals surface area (Å²) >= 11 is 3.39. The van der Waals surface area contributed by atoms with E-state index in [1.165, 1.54) is 12.1 Å². The summed E-state index contributed by atoms with van der Waals surface area (Å²) in [5, 5.41) is 4.37. The number of carbonyl (C=O) groups excluding carboxylic acids is 1. The molecule has 2 heterocycles. The zero-order valence-corrected chi connectivity index (χ0v) is 12.3. The Balaban J connectivity index is 2.10. The summed E-state index contributed by atoms with van der Waals surface area (Å²) in [7, 11) is 0. The third kappa shape index (κ3) is 2.75. The third-order valence-corrected chi connectivity index (χ3v) is 3.41. The fourth-order valence-electron chi connectivity index (χ4n) is 1.94. The molecule has 0 radical (unpaired) electrons. The summed E-state index contributed by atoms with van der Waals surface area (Å²) in [6.07, 6.45) is 3.43. The monoisotopic (exact) mass is 345 g/mol. The standard InChI is InChI=1S/C15H9BrFN3O/c16-11-2-1-3-13(6-11)20-8-10(9-21)15(19-20)14-5-4-12(17)7-18-14/h1-9H. The maximum Gasteiger partial charge on any atom is 0.153 e. The normalized spacial score (nSPS) is 10.6. The number of pyridine rings is 1. The number of rotatable bonds is 3. The van der Waals surface area contributed by atoms with Crippen LogP contribution in [0.25, 0.3) is 17.1 Å². The van der Waals surface area contributed by atoms with Crippen molar-refractivity contribution in [2.75, 3.05) is 0 Å². The first kappa shape index (κ1) is 13.6. The molecule has 0 unspecified atom stereocenters. The van der Waals surface area contributed by atoms with Crippen molar-refractivity contribution in [2.45, 2.75) is 0 Å². The zero-order chi connectivity index (χ0) is 14.8. The molecule has 21 heavy (non-hydrogen) atoms. The largest absolute Gasteiger partial charge is 0.298 e. The number of hydrogen-bond acceptors (Lipinski definition) is 3. The van der Waals surface area contributed by atoms with E-state index in [1.807, 2.05) is 24.3 Å². The van der Waals surface area contributed by atoms with Gasteiger partial charge in [0.1, 0.15) is 11.5 Å². The van der Waals surface area contributed by atoms with Crippen LogP contribution >= 0.6 is 15.9 Å². The number of aldehydes is 1. The van der Waals surface area contributed by atoms with Crippen LogP contribution in [0.5, 0.6) is 0 Å². The number of hydrogen-bond donors (Lipinski definition) is 0. The second-order valence-electron chi connectivity index (χ2n) is 4.34. The highest BCUT2D eigenvalue weighted by molar-refractivity contribution is 9.10. The molecule has 0 bridgehead atoms. The molecule has 6 heteroatoms. The van der Waals surface area contributed by atoms with Crippen LogP contribution in [-0.4, -0.2) is 21.1 Å². The van der Waals surface area contributed by atoms with Crippen LogP contribution in [0.4, 0.5) is 4.39 Å². The summed E-state index contributed by atoms with van der Waals surface area (Å²) < 4.78 is 15.4. The summed E-state index contributed by atoms with van der Waals surface area (Å²) in [5.74, 6) is -0.433. The van der Waals surface area contributed by atoms with Gasteiger partial charge >= 0.3 is 0 Å². The third-order valence-electron chi connectivity index (χ3n) is 2.91. The summed E-state index contributed by atoms with van der Waals surface area (Å²) in [4.78, 5) is 15.2. The summed E-state index contributed by atoms with van der Waals surface area (Å²) in [5.41, 5.74) is 2.08. The van der Waals surface area contributed by atoms with Gasteiger partial charge in [-0.2, -0.15) is 5.10 Å². The number of nitrogens with zero attached hydrogens (tertiary/aromatic N) is 3. The predicted octanol–water partition coefficient (Wildman–Crippen LogP) is 3.65. The lowest BCUT2D eigenvalue weighted by Crippen LogP contribution is -1.95. The van der Waals surface area contributed by atoms with E-state index >= 15 is 0 Å². The van der Waals surface area contributed by atoms with E-state index in [0.717, 1.165) is 16.4 Å². The Morgan fingerprint density at radius 1 is 1.24 bits per heavy atom. The molecule has 104 valence electrons. The first-order chi connectivity index (χ1) is 10.2. The van der Waals surface area contributed by atoms with E-state index in [-0.39, 0.29) is 0 Å². The van der Waals surface area contributed by atoms with Crippen LogP contribution < -0.4 is 0 Å². The van der Waals surface area contributed by atoms with Crippen molar-refractivity contribution >= 4 is 22.2 Å². The molecule has 0 aliphatic heterocycles. The molecule has 0 atom stereocenters. The van der Waals surface area contributed by atoms with E-state index < -0.39 is 5.82 Å². The first-order valence-corrected chi connectivity index (χ1v) is 6.89. The molecule has 0 aliphatic carbocycles. The van der Waals surface area contributed by atoms with Crippen molar-refractivity contribution in [2.24, 2.45) is 0 Å². The van der Waals surface area contributed by atoms with Crippen molar-refractivity contribution < 1.29 is 9.18 Å². The first-order valence-electron chi connectivity index (χ1n) is 6.10. The summed E-state index contributed by atoms with van der Waals surface area (Å²) in [6.45, 7) is 0. The molecule has 1 aromatic carbocycles. The molecule has 2 aromatic heterocycles. The van der Waals surface area contributed by atoms with Gasteiger partial charge in [0, 0.05) is 10.7 Å². The molecule has 3 aromatic rings. The van der Waals surface area contributed by atoms with E-state index in [1.54, 1.807) is 10.9 Å². The Hall–Kier alpha value is -2.34. The minimum absolute atomic E-state index is 0.397. The van der Waals surface area contributed by atoms with Crippen molar-refractivity contribution in [3.63, 3.8) is 0 Å². The molecular formula is C15H9BrFN3O. The van der Waals surface area contributed by atoms with E-state index in [2.05, 4.69) is 26.0 Å². The maximum absolute atomic E-state index is 12.9. The maximum atomic E-state index is 12.9. The van der Waals surface area contributed by atoms with E-state index in [0.29, 0.717) is 23.2 Å². The number of carbonyl (C=O) groups is 1. The Bertz CT molecular complexity index is 799. The minimum Gasteiger partial charge on any atom is -0.298 e. The van der Waals surface area contributed by atoms with Crippen molar-refractivity contribution in [3.05, 3.63) is 64.6 Å². The van der Waals surface area contributed by atoms with Gasteiger partial charge in [-0.3, -0.25) is 9.78 Å². The lowest BCUT2D eigenvalue weighted by Gasteiger charge is -2.01. The van der Waals surface area contributed by atoms with E-state index in [9.17, 15) is 9.18 Å². The molecular weight excluding hydrogens is 337 g/mol. The van der Waals surface area contributed by atoms with Gasteiger partial charge in [0.05, 0.1) is 23.1 Å². The van der Waals surface area contributed by atoms with Crippen molar-refractivity contribution in [3.8, 4) is 17.1 Å². The van der Waals surface area contributed by atoms with Gasteiger partial charge in [-0.15, -0.1) is 0 Å². The second-order valence-corrected chi connectivity index (χ2v) is 5.25. The molecule has 0 amide bonds. The molecule has 0 saturated carbocycles. The lowest BCUT2D eigenvalue weighted by molar-refractivity contribution is 0.112. The van der Waals surface area contributed by atoms with Crippen molar-refractivity contribution in [1.82, 2.24) is 14.8 Å². The van der Waals surface area contributed by atoms with Gasteiger partial charge in [0.25, 0.3) is 0 Å². The average molecular weight is 346 g/mol. The Labute approximate surface area is 128 Å². The molecule has 3 rings (SSSR count).